The molecule has 35 heavy (non-hydrogen) atoms. The predicted molar refractivity (Wildman–Crippen MR) is 147 cm³/mol. The first kappa shape index (κ1) is 19.2. The van der Waals surface area contributed by atoms with E-state index in [4.69, 9.17) is 0 Å². The van der Waals surface area contributed by atoms with Crippen molar-refractivity contribution in [3.05, 3.63) is 125 Å². The predicted octanol–water partition coefficient (Wildman–Crippen LogP) is 8.66. The van der Waals surface area contributed by atoms with Crippen LogP contribution in [0.5, 0.6) is 0 Å². The molecule has 0 N–H and O–H groups in total. The van der Waals surface area contributed by atoms with Gasteiger partial charge in [0.25, 0.3) is 0 Å². The number of para-hydroxylation sites is 2. The number of benzene rings is 5. The molecular formula is C34H25N. The van der Waals surface area contributed by atoms with Crippen molar-refractivity contribution in [2.24, 2.45) is 0 Å². The third kappa shape index (κ3) is 2.43. The minimum atomic E-state index is -0.0410. The Kier molecular flexibility index (Phi) is 3.58. The fourth-order valence-electron chi connectivity index (χ4n) is 6.68. The number of hydrogen-bond donors (Lipinski definition) is 0. The standard InChI is InChI=1S/C34H25N/c1-34(2)30-17-22-16-21-10-6-7-13-24(21)26(22)18-27(30)28-19-29-25-14-8-9-15-32(25)35(33(29)20-31(28)34)23-11-4-3-5-12-23/h3-15,17-20H,16H2,1-2H3. The van der Waals surface area contributed by atoms with Crippen molar-refractivity contribution in [1.29, 1.82) is 0 Å². The summed E-state index contributed by atoms with van der Waals surface area (Å²) in [4.78, 5) is 0. The molecule has 2 aliphatic rings. The second-order valence-electron chi connectivity index (χ2n) is 10.6. The molecule has 0 atom stereocenters. The van der Waals surface area contributed by atoms with E-state index in [0.717, 1.165) is 6.42 Å². The van der Waals surface area contributed by atoms with E-state index in [0.29, 0.717) is 0 Å². The molecule has 1 heterocycles. The maximum absolute atomic E-state index is 2.50. The van der Waals surface area contributed by atoms with E-state index in [1.54, 1.807) is 0 Å². The van der Waals surface area contributed by atoms with Gasteiger partial charge in [0.15, 0.2) is 0 Å². The van der Waals surface area contributed by atoms with E-state index in [9.17, 15) is 0 Å². The topological polar surface area (TPSA) is 4.93 Å². The zero-order valence-electron chi connectivity index (χ0n) is 20.0. The third-order valence-corrected chi connectivity index (χ3v) is 8.39. The van der Waals surface area contributed by atoms with Crippen LogP contribution in [-0.2, 0) is 11.8 Å². The quantitative estimate of drug-likeness (QED) is 0.237. The lowest BCUT2D eigenvalue weighted by molar-refractivity contribution is 0.660. The van der Waals surface area contributed by atoms with Crippen molar-refractivity contribution >= 4 is 21.8 Å². The lowest BCUT2D eigenvalue weighted by atomic mass is 9.81. The van der Waals surface area contributed by atoms with Crippen LogP contribution in [0.3, 0.4) is 0 Å². The largest absolute Gasteiger partial charge is 0.309 e. The molecule has 0 saturated carbocycles. The molecule has 0 fully saturated rings. The van der Waals surface area contributed by atoms with E-state index in [1.165, 1.54) is 72.0 Å². The highest BCUT2D eigenvalue weighted by molar-refractivity contribution is 6.11. The second-order valence-corrected chi connectivity index (χ2v) is 10.6. The van der Waals surface area contributed by atoms with Crippen molar-refractivity contribution < 1.29 is 0 Å². The van der Waals surface area contributed by atoms with Crippen molar-refractivity contribution in [3.8, 4) is 27.9 Å². The minimum Gasteiger partial charge on any atom is -0.309 e. The van der Waals surface area contributed by atoms with E-state index < -0.39 is 0 Å². The van der Waals surface area contributed by atoms with Gasteiger partial charge in [-0.3, -0.25) is 0 Å². The molecule has 0 saturated heterocycles. The molecule has 0 aliphatic heterocycles. The van der Waals surface area contributed by atoms with Gasteiger partial charge in [-0.15, -0.1) is 0 Å². The Labute approximate surface area is 205 Å². The van der Waals surface area contributed by atoms with Crippen LogP contribution in [-0.4, -0.2) is 4.57 Å². The number of aromatic nitrogens is 1. The number of hydrogen-bond acceptors (Lipinski definition) is 0. The van der Waals surface area contributed by atoms with Gasteiger partial charge >= 0.3 is 0 Å². The van der Waals surface area contributed by atoms with Crippen molar-refractivity contribution in [2.45, 2.75) is 25.7 Å². The Hall–Kier alpha value is -4.10. The maximum atomic E-state index is 2.50. The van der Waals surface area contributed by atoms with Crippen LogP contribution in [0.15, 0.2) is 103 Å². The molecule has 5 aromatic carbocycles. The van der Waals surface area contributed by atoms with Gasteiger partial charge < -0.3 is 4.57 Å². The van der Waals surface area contributed by atoms with Crippen LogP contribution in [0.4, 0.5) is 0 Å². The summed E-state index contributed by atoms with van der Waals surface area (Å²) in [5.74, 6) is 0. The maximum Gasteiger partial charge on any atom is 0.0544 e. The summed E-state index contributed by atoms with van der Waals surface area (Å²) in [5.41, 5.74) is 15.1. The van der Waals surface area contributed by atoms with Crippen LogP contribution in [0, 0.1) is 0 Å². The molecular weight excluding hydrogens is 422 g/mol. The first-order valence-corrected chi connectivity index (χ1v) is 12.5. The summed E-state index contributed by atoms with van der Waals surface area (Å²) >= 11 is 0. The van der Waals surface area contributed by atoms with Crippen molar-refractivity contribution in [1.82, 2.24) is 4.57 Å². The molecule has 0 bridgehead atoms. The summed E-state index contributed by atoms with van der Waals surface area (Å²) in [5, 5.41) is 2.64. The fraction of sp³-hybridized carbons (Fsp3) is 0.118. The Bertz CT molecular complexity index is 1830. The van der Waals surface area contributed by atoms with Gasteiger partial charge in [0.1, 0.15) is 0 Å². The second kappa shape index (κ2) is 6.52. The van der Waals surface area contributed by atoms with Crippen LogP contribution in [0.2, 0.25) is 0 Å². The minimum absolute atomic E-state index is 0.0410. The summed E-state index contributed by atoms with van der Waals surface area (Å²) in [6.07, 6.45) is 1.04. The van der Waals surface area contributed by atoms with Gasteiger partial charge in [-0.1, -0.05) is 80.6 Å². The third-order valence-electron chi connectivity index (χ3n) is 8.39. The van der Waals surface area contributed by atoms with Crippen LogP contribution < -0.4 is 0 Å². The van der Waals surface area contributed by atoms with Gasteiger partial charge in [0.2, 0.25) is 0 Å². The lowest BCUT2D eigenvalue weighted by Crippen LogP contribution is -2.15. The van der Waals surface area contributed by atoms with Gasteiger partial charge in [0.05, 0.1) is 11.0 Å². The first-order valence-electron chi connectivity index (χ1n) is 12.5. The zero-order valence-corrected chi connectivity index (χ0v) is 20.0. The normalized spacial score (nSPS) is 14.7. The van der Waals surface area contributed by atoms with Crippen molar-refractivity contribution in [3.63, 3.8) is 0 Å². The summed E-state index contributed by atoms with van der Waals surface area (Å²) in [7, 11) is 0. The monoisotopic (exact) mass is 447 g/mol. The highest BCUT2D eigenvalue weighted by atomic mass is 15.0. The highest BCUT2D eigenvalue weighted by Gasteiger charge is 2.38. The SMILES string of the molecule is CC1(C)c2cc3c(cc2-c2cc4c5ccccc5n(-c5ccccc5)c4cc21)-c1ccccc1C3. The Balaban J connectivity index is 1.46. The summed E-state index contributed by atoms with van der Waals surface area (Å²) < 4.78 is 2.43. The van der Waals surface area contributed by atoms with Gasteiger partial charge in [-0.25, -0.2) is 0 Å². The van der Waals surface area contributed by atoms with Gasteiger partial charge in [0, 0.05) is 21.9 Å². The van der Waals surface area contributed by atoms with Crippen LogP contribution >= 0.6 is 0 Å². The zero-order chi connectivity index (χ0) is 23.3. The highest BCUT2D eigenvalue weighted by Crippen LogP contribution is 2.53. The molecule has 8 rings (SSSR count). The molecule has 0 radical (unpaired) electrons. The molecule has 0 spiro atoms. The Morgan fingerprint density at radius 2 is 1.26 bits per heavy atom. The van der Waals surface area contributed by atoms with Crippen LogP contribution in [0.25, 0.3) is 49.7 Å². The first-order chi connectivity index (χ1) is 17.1. The van der Waals surface area contributed by atoms with Gasteiger partial charge in [-0.05, 0) is 87.3 Å². The molecule has 166 valence electrons. The van der Waals surface area contributed by atoms with Crippen molar-refractivity contribution in [2.75, 3.05) is 0 Å². The van der Waals surface area contributed by atoms with E-state index >= 15 is 0 Å². The number of rotatable bonds is 1. The number of nitrogens with zero attached hydrogens (tertiary/aromatic N) is 1. The molecule has 2 aliphatic carbocycles. The average molecular weight is 448 g/mol. The number of fused-ring (bicyclic) bond motifs is 9. The smallest absolute Gasteiger partial charge is 0.0544 e. The van der Waals surface area contributed by atoms with E-state index in [2.05, 4.69) is 122 Å². The fourth-order valence-corrected chi connectivity index (χ4v) is 6.68. The molecule has 1 aromatic heterocycles. The van der Waals surface area contributed by atoms with Gasteiger partial charge in [-0.2, -0.15) is 0 Å². The Morgan fingerprint density at radius 3 is 2.14 bits per heavy atom. The van der Waals surface area contributed by atoms with E-state index in [-0.39, 0.29) is 5.41 Å². The summed E-state index contributed by atoms with van der Waals surface area (Å²) in [6.45, 7) is 4.79. The molecule has 0 amide bonds. The van der Waals surface area contributed by atoms with E-state index in [1.807, 2.05) is 0 Å². The molecule has 1 nitrogen and oxygen atoms in total. The lowest BCUT2D eigenvalue weighted by Gasteiger charge is -2.22. The average Bonchev–Trinajstić information content (AvgIpc) is 3.49. The molecule has 1 heteroatoms. The summed E-state index contributed by atoms with van der Waals surface area (Å²) in [6, 6.07) is 38.4. The molecule has 6 aromatic rings. The van der Waals surface area contributed by atoms with Crippen LogP contribution in [0.1, 0.15) is 36.1 Å². The molecule has 0 unspecified atom stereocenters. The Morgan fingerprint density at radius 1 is 0.543 bits per heavy atom.